The van der Waals surface area contributed by atoms with Gasteiger partial charge in [0.15, 0.2) is 5.78 Å². The van der Waals surface area contributed by atoms with Crippen molar-refractivity contribution in [3.63, 3.8) is 0 Å². The van der Waals surface area contributed by atoms with Crippen molar-refractivity contribution in [2.45, 2.75) is 56.2 Å². The van der Waals surface area contributed by atoms with Gasteiger partial charge in [-0.25, -0.2) is 4.68 Å². The molecule has 5 rings (SSSR count). The Bertz CT molecular complexity index is 1070. The van der Waals surface area contributed by atoms with Crippen LogP contribution in [0.5, 0.6) is 0 Å². The van der Waals surface area contributed by atoms with E-state index < -0.39 is 23.6 Å². The number of amides is 2. The van der Waals surface area contributed by atoms with Crippen LogP contribution in [0.15, 0.2) is 42.7 Å². The second-order valence-electron chi connectivity index (χ2n) is 9.67. The van der Waals surface area contributed by atoms with Gasteiger partial charge < -0.3 is 15.0 Å². The highest BCUT2D eigenvalue weighted by atomic mass is 35.5. The summed E-state index contributed by atoms with van der Waals surface area (Å²) in [7, 11) is 0. The molecule has 2 aromatic rings. The lowest BCUT2D eigenvalue weighted by atomic mass is 9.78. The molecule has 2 amide bonds. The van der Waals surface area contributed by atoms with E-state index in [0.717, 1.165) is 31.4 Å². The average molecular weight is 485 g/mol. The van der Waals surface area contributed by atoms with Gasteiger partial charge in [-0.2, -0.15) is 5.10 Å². The number of hydrogen-bond acceptors (Lipinski definition) is 5. The molecule has 180 valence electrons. The molecule has 8 nitrogen and oxygen atoms in total. The van der Waals surface area contributed by atoms with E-state index in [1.54, 1.807) is 40.2 Å². The van der Waals surface area contributed by atoms with Crippen molar-refractivity contribution in [1.82, 2.24) is 20.0 Å². The first-order chi connectivity index (χ1) is 16.4. The van der Waals surface area contributed by atoms with Crippen LogP contribution >= 0.6 is 11.6 Å². The number of nitrogens with zero attached hydrogens (tertiary/aromatic N) is 3. The summed E-state index contributed by atoms with van der Waals surface area (Å²) in [6.07, 6.45) is 6.71. The van der Waals surface area contributed by atoms with Crippen LogP contribution in [0.25, 0.3) is 5.69 Å². The van der Waals surface area contributed by atoms with E-state index in [1.165, 1.54) is 0 Å². The predicted molar refractivity (Wildman–Crippen MR) is 126 cm³/mol. The van der Waals surface area contributed by atoms with Gasteiger partial charge in [0.1, 0.15) is 24.8 Å². The molecule has 3 fully saturated rings. The number of benzene rings is 1. The zero-order chi connectivity index (χ0) is 23.8. The molecule has 2 aliphatic heterocycles. The lowest BCUT2D eigenvalue weighted by Crippen LogP contribution is -2.55. The smallest absolute Gasteiger partial charge is 0.252 e. The molecule has 0 unspecified atom stereocenters. The Balaban J connectivity index is 1.39. The van der Waals surface area contributed by atoms with Gasteiger partial charge in [0.25, 0.3) is 5.91 Å². The summed E-state index contributed by atoms with van der Waals surface area (Å²) in [4.78, 5) is 41.2. The summed E-state index contributed by atoms with van der Waals surface area (Å²) in [5.41, 5.74) is 1.21. The quantitative estimate of drug-likeness (QED) is 0.658. The minimum Gasteiger partial charge on any atom is -0.366 e. The number of aromatic nitrogens is 2. The SMILES string of the molecule is CC1CCC([C@H](NC(=O)c2cccc(-n3cccn3)c2)C(=O)N2C[C@H](Cl)[C@H]3OCC(=O)[C@H]32)CC1. The lowest BCUT2D eigenvalue weighted by molar-refractivity contribution is -0.139. The molecule has 1 saturated carbocycles. The fourth-order valence-electron chi connectivity index (χ4n) is 5.44. The highest BCUT2D eigenvalue weighted by molar-refractivity contribution is 6.22. The van der Waals surface area contributed by atoms with Crippen molar-refractivity contribution in [3.05, 3.63) is 48.3 Å². The lowest BCUT2D eigenvalue weighted by Gasteiger charge is -2.35. The van der Waals surface area contributed by atoms with Gasteiger partial charge >= 0.3 is 0 Å². The highest BCUT2D eigenvalue weighted by Crippen LogP contribution is 2.35. The molecular weight excluding hydrogens is 456 g/mol. The Kier molecular flexibility index (Phi) is 6.44. The Morgan fingerprint density at radius 1 is 1.21 bits per heavy atom. The number of alkyl halides is 1. The number of ether oxygens (including phenoxy) is 1. The fraction of sp³-hybridized carbons (Fsp3) is 0.520. The highest BCUT2D eigenvalue weighted by Gasteiger charge is 2.53. The molecule has 2 saturated heterocycles. The molecule has 1 aromatic carbocycles. The minimum atomic E-state index is -0.718. The number of halogens is 1. The van der Waals surface area contributed by atoms with E-state index in [4.69, 9.17) is 16.3 Å². The largest absolute Gasteiger partial charge is 0.366 e. The van der Waals surface area contributed by atoms with E-state index in [-0.39, 0.29) is 36.7 Å². The molecule has 0 spiro atoms. The summed E-state index contributed by atoms with van der Waals surface area (Å²) in [6.45, 7) is 2.43. The van der Waals surface area contributed by atoms with Crippen LogP contribution in [-0.2, 0) is 14.3 Å². The monoisotopic (exact) mass is 484 g/mol. The number of hydrogen-bond donors (Lipinski definition) is 1. The van der Waals surface area contributed by atoms with Crippen LogP contribution in [-0.4, -0.2) is 69.0 Å². The normalized spacial score (nSPS) is 29.6. The Hall–Kier alpha value is -2.71. The number of Topliss-reactive ketones (excluding diaryl/α,β-unsaturated/α-hetero) is 1. The molecule has 4 atom stereocenters. The molecule has 9 heteroatoms. The van der Waals surface area contributed by atoms with Crippen molar-refractivity contribution < 1.29 is 19.1 Å². The Labute approximate surface area is 203 Å². The van der Waals surface area contributed by atoms with Gasteiger partial charge in [0, 0.05) is 24.5 Å². The van der Waals surface area contributed by atoms with Crippen LogP contribution in [0.1, 0.15) is 43.0 Å². The van der Waals surface area contributed by atoms with Crippen LogP contribution in [0.3, 0.4) is 0 Å². The first kappa shape index (κ1) is 23.1. The van der Waals surface area contributed by atoms with Crippen LogP contribution < -0.4 is 5.32 Å². The molecule has 3 aliphatic rings. The number of rotatable bonds is 5. The summed E-state index contributed by atoms with van der Waals surface area (Å²) in [5.74, 6) is -0.0871. The molecular formula is C25H29ClN4O4. The van der Waals surface area contributed by atoms with E-state index in [0.29, 0.717) is 11.5 Å². The van der Waals surface area contributed by atoms with Crippen LogP contribution in [0, 0.1) is 11.8 Å². The fourth-order valence-corrected chi connectivity index (χ4v) is 5.80. The minimum absolute atomic E-state index is 0.00666. The van der Waals surface area contributed by atoms with Gasteiger partial charge in [0.05, 0.1) is 11.1 Å². The molecule has 1 N–H and O–H groups in total. The van der Waals surface area contributed by atoms with E-state index in [2.05, 4.69) is 17.3 Å². The topological polar surface area (TPSA) is 93.5 Å². The summed E-state index contributed by atoms with van der Waals surface area (Å²) >= 11 is 6.43. The average Bonchev–Trinajstić information content (AvgIpc) is 3.58. The first-order valence-electron chi connectivity index (χ1n) is 11.9. The van der Waals surface area contributed by atoms with Crippen molar-refractivity contribution in [3.8, 4) is 5.69 Å². The number of carbonyl (C=O) groups is 3. The van der Waals surface area contributed by atoms with Gasteiger partial charge in [-0.1, -0.05) is 25.8 Å². The van der Waals surface area contributed by atoms with Gasteiger partial charge in [-0.05, 0) is 48.9 Å². The third-order valence-corrected chi connectivity index (χ3v) is 7.75. The maximum absolute atomic E-state index is 13.8. The maximum atomic E-state index is 13.8. The number of fused-ring (bicyclic) bond motifs is 1. The zero-order valence-electron chi connectivity index (χ0n) is 19.1. The first-order valence-corrected chi connectivity index (χ1v) is 12.4. The van der Waals surface area contributed by atoms with Gasteiger partial charge in [0.2, 0.25) is 5.91 Å². The van der Waals surface area contributed by atoms with Crippen molar-refractivity contribution in [2.24, 2.45) is 11.8 Å². The number of likely N-dealkylation sites (tertiary alicyclic amines) is 1. The zero-order valence-corrected chi connectivity index (χ0v) is 19.9. The van der Waals surface area contributed by atoms with E-state index in [9.17, 15) is 14.4 Å². The second-order valence-corrected chi connectivity index (χ2v) is 10.2. The molecule has 1 aliphatic carbocycles. The Morgan fingerprint density at radius 3 is 2.74 bits per heavy atom. The van der Waals surface area contributed by atoms with Gasteiger partial charge in [-0.3, -0.25) is 14.4 Å². The summed E-state index contributed by atoms with van der Waals surface area (Å²) < 4.78 is 7.23. The molecule has 34 heavy (non-hydrogen) atoms. The van der Waals surface area contributed by atoms with E-state index >= 15 is 0 Å². The van der Waals surface area contributed by atoms with Gasteiger partial charge in [-0.15, -0.1) is 11.6 Å². The maximum Gasteiger partial charge on any atom is 0.252 e. The Morgan fingerprint density at radius 2 is 2.00 bits per heavy atom. The summed E-state index contributed by atoms with van der Waals surface area (Å²) in [6, 6.07) is 7.56. The van der Waals surface area contributed by atoms with Crippen molar-refractivity contribution in [1.29, 1.82) is 0 Å². The number of nitrogens with one attached hydrogen (secondary N) is 1. The summed E-state index contributed by atoms with van der Waals surface area (Å²) in [5, 5.41) is 6.81. The molecule has 3 heterocycles. The third-order valence-electron chi connectivity index (χ3n) is 7.37. The van der Waals surface area contributed by atoms with Crippen molar-refractivity contribution >= 4 is 29.2 Å². The van der Waals surface area contributed by atoms with Crippen molar-refractivity contribution in [2.75, 3.05) is 13.2 Å². The van der Waals surface area contributed by atoms with Crippen LogP contribution in [0.4, 0.5) is 0 Å². The van der Waals surface area contributed by atoms with Crippen LogP contribution in [0.2, 0.25) is 0 Å². The molecule has 0 bridgehead atoms. The van der Waals surface area contributed by atoms with E-state index in [1.807, 2.05) is 12.1 Å². The third kappa shape index (κ3) is 4.36. The number of carbonyl (C=O) groups excluding carboxylic acids is 3. The second kappa shape index (κ2) is 9.50. The predicted octanol–water partition coefficient (Wildman–Crippen LogP) is 2.58. The standard InChI is InChI=1S/C25H29ClN4O4/c1-15-6-8-16(9-7-15)21(25(33)29-13-19(26)23-22(29)20(31)14-34-23)28-24(32)17-4-2-5-18(12-17)30-11-3-10-27-30/h2-5,10-12,15-16,19,21-23H,6-9,13-14H2,1H3,(H,28,32)/t15?,16?,19-,21-,22+,23+/m0/s1. The molecule has 1 aromatic heterocycles. The number of ketones is 1. The molecule has 0 radical (unpaired) electrons.